The molecule has 2 rings (SSSR count). The van der Waals surface area contributed by atoms with Crippen molar-refractivity contribution in [2.45, 2.75) is 23.8 Å². The number of aryl methyl sites for hydroxylation is 2. The van der Waals surface area contributed by atoms with Crippen molar-refractivity contribution in [2.24, 2.45) is 12.9 Å². The Balaban J connectivity index is 1.80. The molecule has 4 nitrogen and oxygen atoms in total. The topological polar surface area (TPSA) is 55.9 Å². The highest BCUT2D eigenvalue weighted by Crippen LogP contribution is 2.22. The van der Waals surface area contributed by atoms with Crippen molar-refractivity contribution in [2.75, 3.05) is 5.75 Å². The molecule has 1 atom stereocenters. The van der Waals surface area contributed by atoms with Gasteiger partial charge in [0.15, 0.2) is 0 Å². The van der Waals surface area contributed by atoms with Gasteiger partial charge < -0.3 is 0 Å². The molecule has 0 spiro atoms. The van der Waals surface area contributed by atoms with Crippen molar-refractivity contribution in [1.29, 1.82) is 0 Å². The van der Waals surface area contributed by atoms with Gasteiger partial charge in [-0.1, -0.05) is 15.9 Å². The van der Waals surface area contributed by atoms with E-state index in [1.54, 1.807) is 0 Å². The molecule has 2 aromatic rings. The minimum atomic E-state index is 0.290. The normalized spacial score (nSPS) is 12.6. The van der Waals surface area contributed by atoms with E-state index in [0.29, 0.717) is 6.04 Å². The molecule has 1 aromatic carbocycles. The molecule has 0 bridgehead atoms. The van der Waals surface area contributed by atoms with E-state index >= 15 is 0 Å². The van der Waals surface area contributed by atoms with Crippen LogP contribution in [0.4, 0.5) is 0 Å². The molecule has 1 unspecified atom stereocenters. The van der Waals surface area contributed by atoms with Gasteiger partial charge >= 0.3 is 0 Å². The second-order valence-corrected chi connectivity index (χ2v) is 6.62. The van der Waals surface area contributed by atoms with Gasteiger partial charge in [0.2, 0.25) is 0 Å². The summed E-state index contributed by atoms with van der Waals surface area (Å²) >= 11 is 5.26. The van der Waals surface area contributed by atoms with Crippen molar-refractivity contribution in [3.8, 4) is 0 Å². The standard InChI is InChI=1S/C14H19BrN4S/c1-19-13(8-9-17-19)5-4-12(18-16)10-20-14-6-2-11(15)3-7-14/h2-3,6-9,12,18H,4-5,10,16H2,1H3. The summed E-state index contributed by atoms with van der Waals surface area (Å²) in [6.45, 7) is 0. The summed E-state index contributed by atoms with van der Waals surface area (Å²) in [5.41, 5.74) is 4.14. The number of rotatable bonds is 7. The number of benzene rings is 1. The molecule has 0 aliphatic carbocycles. The predicted octanol–water partition coefficient (Wildman–Crippen LogP) is 2.74. The molecule has 3 N–H and O–H groups in total. The Morgan fingerprint density at radius 1 is 1.35 bits per heavy atom. The largest absolute Gasteiger partial charge is 0.273 e. The number of halogens is 1. The minimum absolute atomic E-state index is 0.290. The van der Waals surface area contributed by atoms with E-state index in [4.69, 9.17) is 5.84 Å². The summed E-state index contributed by atoms with van der Waals surface area (Å²) < 4.78 is 3.02. The van der Waals surface area contributed by atoms with Crippen LogP contribution in [0, 0.1) is 0 Å². The molecule has 0 aliphatic heterocycles. The fourth-order valence-corrected chi connectivity index (χ4v) is 3.16. The third-order valence-corrected chi connectivity index (χ3v) is 4.88. The van der Waals surface area contributed by atoms with E-state index < -0.39 is 0 Å². The number of nitrogens with zero attached hydrogens (tertiary/aromatic N) is 2. The smallest absolute Gasteiger partial charge is 0.0492 e. The number of hydrazine groups is 1. The van der Waals surface area contributed by atoms with Gasteiger partial charge in [-0.3, -0.25) is 16.0 Å². The minimum Gasteiger partial charge on any atom is -0.273 e. The van der Waals surface area contributed by atoms with Crippen molar-refractivity contribution in [3.05, 3.63) is 46.7 Å². The molecule has 1 aromatic heterocycles. The third-order valence-electron chi connectivity index (χ3n) is 3.17. The Bertz CT molecular complexity index is 526. The van der Waals surface area contributed by atoms with Crippen LogP contribution in [0.15, 0.2) is 45.9 Å². The van der Waals surface area contributed by atoms with E-state index in [1.807, 2.05) is 29.7 Å². The van der Waals surface area contributed by atoms with E-state index in [2.05, 4.69) is 56.8 Å². The first kappa shape index (κ1) is 15.6. The van der Waals surface area contributed by atoms with Gasteiger partial charge in [-0.15, -0.1) is 11.8 Å². The number of aromatic nitrogens is 2. The molecule has 0 fully saturated rings. The molecule has 1 heterocycles. The van der Waals surface area contributed by atoms with Gasteiger partial charge in [-0.2, -0.15) is 5.10 Å². The van der Waals surface area contributed by atoms with Crippen LogP contribution in [0.1, 0.15) is 12.1 Å². The Hall–Kier alpha value is -0.820. The maximum Gasteiger partial charge on any atom is 0.0492 e. The lowest BCUT2D eigenvalue weighted by atomic mass is 10.1. The molecule has 0 aliphatic rings. The quantitative estimate of drug-likeness (QED) is 0.456. The van der Waals surface area contributed by atoms with Crippen molar-refractivity contribution >= 4 is 27.7 Å². The lowest BCUT2D eigenvalue weighted by Gasteiger charge is -2.15. The molecule has 0 radical (unpaired) electrons. The first-order chi connectivity index (χ1) is 9.69. The van der Waals surface area contributed by atoms with Crippen LogP contribution < -0.4 is 11.3 Å². The average molecular weight is 355 g/mol. The van der Waals surface area contributed by atoms with Crippen LogP contribution in [0.25, 0.3) is 0 Å². The zero-order valence-electron chi connectivity index (χ0n) is 11.4. The first-order valence-corrected chi connectivity index (χ1v) is 8.28. The second kappa shape index (κ2) is 7.83. The average Bonchev–Trinajstić information content (AvgIpc) is 2.86. The Morgan fingerprint density at radius 3 is 2.70 bits per heavy atom. The van der Waals surface area contributed by atoms with Gasteiger partial charge in [0, 0.05) is 40.1 Å². The number of hydrogen-bond acceptors (Lipinski definition) is 4. The van der Waals surface area contributed by atoms with Crippen molar-refractivity contribution < 1.29 is 0 Å². The summed E-state index contributed by atoms with van der Waals surface area (Å²) in [7, 11) is 1.97. The molecule has 0 saturated heterocycles. The van der Waals surface area contributed by atoms with E-state index in [9.17, 15) is 0 Å². The van der Waals surface area contributed by atoms with E-state index in [-0.39, 0.29) is 0 Å². The Morgan fingerprint density at radius 2 is 2.10 bits per heavy atom. The molecular weight excluding hydrogens is 336 g/mol. The van der Waals surface area contributed by atoms with Gasteiger partial charge in [0.1, 0.15) is 0 Å². The Kier molecular flexibility index (Phi) is 6.09. The van der Waals surface area contributed by atoms with Crippen LogP contribution in [-0.4, -0.2) is 21.6 Å². The Labute approximate surface area is 132 Å². The van der Waals surface area contributed by atoms with Crippen LogP contribution in [0.2, 0.25) is 0 Å². The van der Waals surface area contributed by atoms with Crippen LogP contribution >= 0.6 is 27.7 Å². The summed E-state index contributed by atoms with van der Waals surface area (Å²) in [5.74, 6) is 6.60. The molecular formula is C14H19BrN4S. The molecule has 108 valence electrons. The van der Waals surface area contributed by atoms with Gasteiger partial charge in [0.05, 0.1) is 0 Å². The number of nitrogens with two attached hydrogens (primary N) is 1. The SMILES string of the molecule is Cn1nccc1CCC(CSc1ccc(Br)cc1)NN. The second-order valence-electron chi connectivity index (χ2n) is 4.61. The molecule has 0 saturated carbocycles. The zero-order chi connectivity index (χ0) is 14.4. The van der Waals surface area contributed by atoms with Gasteiger partial charge in [-0.25, -0.2) is 0 Å². The van der Waals surface area contributed by atoms with Crippen LogP contribution in [-0.2, 0) is 13.5 Å². The van der Waals surface area contributed by atoms with Crippen LogP contribution in [0.3, 0.4) is 0 Å². The molecule has 0 amide bonds. The van der Waals surface area contributed by atoms with E-state index in [1.165, 1.54) is 10.6 Å². The lowest BCUT2D eigenvalue weighted by molar-refractivity contribution is 0.528. The molecule has 20 heavy (non-hydrogen) atoms. The molecule has 6 heteroatoms. The zero-order valence-corrected chi connectivity index (χ0v) is 13.8. The summed E-state index contributed by atoms with van der Waals surface area (Å²) in [4.78, 5) is 1.26. The highest BCUT2D eigenvalue weighted by molar-refractivity contribution is 9.10. The fourth-order valence-electron chi connectivity index (χ4n) is 1.91. The highest BCUT2D eigenvalue weighted by Gasteiger charge is 2.09. The van der Waals surface area contributed by atoms with Crippen molar-refractivity contribution in [1.82, 2.24) is 15.2 Å². The number of nitrogens with one attached hydrogen (secondary N) is 1. The lowest BCUT2D eigenvalue weighted by Crippen LogP contribution is -2.37. The fraction of sp³-hybridized carbons (Fsp3) is 0.357. The number of thioether (sulfide) groups is 1. The summed E-state index contributed by atoms with van der Waals surface area (Å²) in [6.07, 6.45) is 3.81. The monoisotopic (exact) mass is 354 g/mol. The third kappa shape index (κ3) is 4.63. The van der Waals surface area contributed by atoms with Gasteiger partial charge in [-0.05, 0) is 43.2 Å². The predicted molar refractivity (Wildman–Crippen MR) is 87.5 cm³/mol. The summed E-state index contributed by atoms with van der Waals surface area (Å²) in [5, 5.41) is 4.18. The maximum absolute atomic E-state index is 5.65. The van der Waals surface area contributed by atoms with E-state index in [0.717, 1.165) is 23.1 Å². The van der Waals surface area contributed by atoms with Crippen molar-refractivity contribution in [3.63, 3.8) is 0 Å². The van der Waals surface area contributed by atoms with Crippen LogP contribution in [0.5, 0.6) is 0 Å². The maximum atomic E-state index is 5.65. The van der Waals surface area contributed by atoms with Gasteiger partial charge in [0.25, 0.3) is 0 Å². The highest BCUT2D eigenvalue weighted by atomic mass is 79.9. The summed E-state index contributed by atoms with van der Waals surface area (Å²) in [6, 6.07) is 10.7. The first-order valence-electron chi connectivity index (χ1n) is 6.50. The number of hydrogen-bond donors (Lipinski definition) is 2.